The van der Waals surface area contributed by atoms with Gasteiger partial charge in [-0.1, -0.05) is 6.07 Å². The van der Waals surface area contributed by atoms with Gasteiger partial charge in [0.1, 0.15) is 5.75 Å². The van der Waals surface area contributed by atoms with Crippen LogP contribution in [0.4, 0.5) is 0 Å². The number of carbonyl (C=O) groups is 1. The Morgan fingerprint density at radius 3 is 2.54 bits per heavy atom. The van der Waals surface area contributed by atoms with Gasteiger partial charge in [0.2, 0.25) is 0 Å². The lowest BCUT2D eigenvalue weighted by molar-refractivity contribution is -0.137. The quantitative estimate of drug-likeness (QED) is 0.681. The molecule has 142 valence electrons. The van der Waals surface area contributed by atoms with Crippen molar-refractivity contribution in [2.24, 2.45) is 0 Å². The monoisotopic (exact) mass is 376 g/mol. The molecule has 0 unspecified atom stereocenters. The molecule has 0 radical (unpaired) electrons. The van der Waals surface area contributed by atoms with Crippen molar-refractivity contribution in [2.45, 2.75) is 0 Å². The first-order valence-electron chi connectivity index (χ1n) is 9.13. The fourth-order valence-corrected chi connectivity index (χ4v) is 2.90. The molecule has 1 aliphatic heterocycles. The summed E-state index contributed by atoms with van der Waals surface area (Å²) in [7, 11) is 0. The van der Waals surface area contributed by atoms with Gasteiger partial charge in [0.25, 0.3) is 5.91 Å². The minimum Gasteiger partial charge on any atom is -0.484 e. The molecule has 1 fully saturated rings. The Kier molecular flexibility index (Phi) is 5.53. The van der Waals surface area contributed by atoms with Crippen LogP contribution in [-0.2, 0) is 9.53 Å². The van der Waals surface area contributed by atoms with E-state index >= 15 is 0 Å². The van der Waals surface area contributed by atoms with E-state index in [1.807, 2.05) is 48.5 Å². The number of rotatable bonds is 5. The average Bonchev–Trinajstić information content (AvgIpc) is 2.79. The summed E-state index contributed by atoms with van der Waals surface area (Å²) in [6.07, 6.45) is 3.46. The second-order valence-electron chi connectivity index (χ2n) is 6.29. The standard InChI is InChI=1S/C21H20N4O3/c26-20(25-11-13-27-14-12-25)15-28-17-6-4-16(5-7-17)21-23-10-8-19(24-21)18-3-1-2-9-22-18/h1-10H,11-15H2. The van der Waals surface area contributed by atoms with Gasteiger partial charge >= 0.3 is 0 Å². The molecule has 0 spiro atoms. The molecule has 0 atom stereocenters. The first-order valence-corrected chi connectivity index (χ1v) is 9.13. The molecule has 7 heteroatoms. The van der Waals surface area contributed by atoms with Crippen LogP contribution < -0.4 is 4.74 Å². The van der Waals surface area contributed by atoms with Crippen LogP contribution in [0.5, 0.6) is 5.75 Å². The largest absolute Gasteiger partial charge is 0.484 e. The van der Waals surface area contributed by atoms with Crippen molar-refractivity contribution in [3.05, 3.63) is 60.9 Å². The molecule has 28 heavy (non-hydrogen) atoms. The zero-order valence-corrected chi connectivity index (χ0v) is 15.3. The number of amides is 1. The summed E-state index contributed by atoms with van der Waals surface area (Å²) < 4.78 is 10.9. The molecular formula is C21H20N4O3. The molecular weight excluding hydrogens is 356 g/mol. The molecule has 0 bridgehead atoms. The number of ether oxygens (including phenoxy) is 2. The van der Waals surface area contributed by atoms with Crippen LogP contribution in [0.15, 0.2) is 60.9 Å². The van der Waals surface area contributed by atoms with Crippen LogP contribution in [0, 0.1) is 0 Å². The van der Waals surface area contributed by atoms with Crippen molar-refractivity contribution >= 4 is 5.91 Å². The van der Waals surface area contributed by atoms with E-state index in [2.05, 4.69) is 15.0 Å². The molecule has 2 aromatic heterocycles. The SMILES string of the molecule is O=C(COc1ccc(-c2nccc(-c3ccccn3)n2)cc1)N1CCOCC1. The molecule has 3 heterocycles. The number of nitrogens with zero attached hydrogens (tertiary/aromatic N) is 4. The summed E-state index contributed by atoms with van der Waals surface area (Å²) in [4.78, 5) is 27.2. The van der Waals surface area contributed by atoms with Crippen molar-refractivity contribution in [3.63, 3.8) is 0 Å². The van der Waals surface area contributed by atoms with Gasteiger partial charge in [-0.3, -0.25) is 9.78 Å². The van der Waals surface area contributed by atoms with Crippen molar-refractivity contribution in [1.82, 2.24) is 19.9 Å². The zero-order chi connectivity index (χ0) is 19.2. The summed E-state index contributed by atoms with van der Waals surface area (Å²) in [6, 6.07) is 14.9. The maximum absolute atomic E-state index is 12.2. The van der Waals surface area contributed by atoms with E-state index in [1.165, 1.54) is 0 Å². The molecule has 0 saturated carbocycles. The summed E-state index contributed by atoms with van der Waals surface area (Å²) >= 11 is 0. The molecule has 4 rings (SSSR count). The van der Waals surface area contributed by atoms with Gasteiger partial charge in [-0.15, -0.1) is 0 Å². The molecule has 3 aromatic rings. The van der Waals surface area contributed by atoms with Crippen molar-refractivity contribution in [2.75, 3.05) is 32.9 Å². The normalized spacial score (nSPS) is 13.9. The van der Waals surface area contributed by atoms with E-state index in [0.717, 1.165) is 17.0 Å². The van der Waals surface area contributed by atoms with Crippen molar-refractivity contribution in [3.8, 4) is 28.5 Å². The van der Waals surface area contributed by atoms with E-state index in [-0.39, 0.29) is 12.5 Å². The summed E-state index contributed by atoms with van der Waals surface area (Å²) in [5.41, 5.74) is 2.43. The van der Waals surface area contributed by atoms with Gasteiger partial charge in [-0.2, -0.15) is 0 Å². The van der Waals surface area contributed by atoms with Gasteiger partial charge < -0.3 is 14.4 Å². The van der Waals surface area contributed by atoms with Gasteiger partial charge in [-0.05, 0) is 42.5 Å². The van der Waals surface area contributed by atoms with Gasteiger partial charge in [0, 0.05) is 31.0 Å². The molecule has 7 nitrogen and oxygen atoms in total. The van der Waals surface area contributed by atoms with E-state index in [9.17, 15) is 4.79 Å². The number of aromatic nitrogens is 3. The number of pyridine rings is 1. The van der Waals surface area contributed by atoms with Crippen molar-refractivity contribution < 1.29 is 14.3 Å². The average molecular weight is 376 g/mol. The fraction of sp³-hybridized carbons (Fsp3) is 0.238. The zero-order valence-electron chi connectivity index (χ0n) is 15.3. The van der Waals surface area contributed by atoms with Crippen LogP contribution in [0.3, 0.4) is 0 Å². The minimum absolute atomic E-state index is 0.0189. The van der Waals surface area contributed by atoms with Gasteiger partial charge in [0.05, 0.1) is 24.6 Å². The Balaban J connectivity index is 1.41. The van der Waals surface area contributed by atoms with E-state index in [4.69, 9.17) is 9.47 Å². The highest BCUT2D eigenvalue weighted by Gasteiger charge is 2.17. The number of hydrogen-bond donors (Lipinski definition) is 0. The fourth-order valence-electron chi connectivity index (χ4n) is 2.90. The topological polar surface area (TPSA) is 77.4 Å². The Bertz CT molecular complexity index is 926. The number of benzene rings is 1. The first kappa shape index (κ1) is 18.1. The lowest BCUT2D eigenvalue weighted by Gasteiger charge is -2.26. The summed E-state index contributed by atoms with van der Waals surface area (Å²) in [5.74, 6) is 1.21. The van der Waals surface area contributed by atoms with E-state index < -0.39 is 0 Å². The predicted molar refractivity (Wildman–Crippen MR) is 104 cm³/mol. The van der Waals surface area contributed by atoms with Crippen LogP contribution >= 0.6 is 0 Å². The highest BCUT2D eigenvalue weighted by atomic mass is 16.5. The lowest BCUT2D eigenvalue weighted by atomic mass is 10.2. The smallest absolute Gasteiger partial charge is 0.260 e. The van der Waals surface area contributed by atoms with Gasteiger partial charge in [0.15, 0.2) is 12.4 Å². The van der Waals surface area contributed by atoms with E-state index in [1.54, 1.807) is 17.3 Å². The summed E-state index contributed by atoms with van der Waals surface area (Å²) in [5, 5.41) is 0. The summed E-state index contributed by atoms with van der Waals surface area (Å²) in [6.45, 7) is 2.41. The van der Waals surface area contributed by atoms with Gasteiger partial charge in [-0.25, -0.2) is 9.97 Å². The Morgan fingerprint density at radius 1 is 0.964 bits per heavy atom. The molecule has 0 aliphatic carbocycles. The number of carbonyl (C=O) groups excluding carboxylic acids is 1. The van der Waals surface area contributed by atoms with E-state index in [0.29, 0.717) is 37.9 Å². The maximum Gasteiger partial charge on any atom is 0.260 e. The lowest BCUT2D eigenvalue weighted by Crippen LogP contribution is -2.42. The Labute approximate surface area is 163 Å². The Morgan fingerprint density at radius 2 is 1.79 bits per heavy atom. The Hall–Kier alpha value is -3.32. The third-order valence-electron chi connectivity index (χ3n) is 4.42. The second kappa shape index (κ2) is 8.58. The number of morpholine rings is 1. The third kappa shape index (κ3) is 4.32. The molecule has 1 saturated heterocycles. The molecule has 1 amide bonds. The van der Waals surface area contributed by atoms with Crippen molar-refractivity contribution in [1.29, 1.82) is 0 Å². The molecule has 1 aliphatic rings. The highest BCUT2D eigenvalue weighted by molar-refractivity contribution is 5.77. The number of hydrogen-bond acceptors (Lipinski definition) is 6. The van der Waals surface area contributed by atoms with Crippen LogP contribution in [-0.4, -0.2) is 58.7 Å². The molecule has 1 aromatic carbocycles. The van der Waals surface area contributed by atoms with Crippen LogP contribution in [0.1, 0.15) is 0 Å². The second-order valence-corrected chi connectivity index (χ2v) is 6.29. The third-order valence-corrected chi connectivity index (χ3v) is 4.42. The predicted octanol–water partition coefficient (Wildman–Crippen LogP) is 2.44. The van der Waals surface area contributed by atoms with Crippen LogP contribution in [0.25, 0.3) is 22.8 Å². The molecule has 0 N–H and O–H groups in total. The first-order chi connectivity index (χ1) is 13.8. The maximum atomic E-state index is 12.2. The van der Waals surface area contributed by atoms with Crippen LogP contribution in [0.2, 0.25) is 0 Å². The highest BCUT2D eigenvalue weighted by Crippen LogP contribution is 2.22. The minimum atomic E-state index is -0.0289.